The van der Waals surface area contributed by atoms with Crippen LogP contribution in [0.1, 0.15) is 42.5 Å². The van der Waals surface area contributed by atoms with Crippen molar-refractivity contribution in [2.75, 3.05) is 19.6 Å². The van der Waals surface area contributed by atoms with Gasteiger partial charge >= 0.3 is 0 Å². The van der Waals surface area contributed by atoms with Crippen molar-refractivity contribution in [1.29, 1.82) is 0 Å². The smallest absolute Gasteiger partial charge is 0.251 e. The zero-order valence-corrected chi connectivity index (χ0v) is 14.0. The Labute approximate surface area is 142 Å². The Morgan fingerprint density at radius 3 is 2.52 bits per heavy atom. The molecule has 2 amide bonds. The number of hydrogen-bond acceptors (Lipinski definition) is 2. The first-order chi connectivity index (χ1) is 11.1. The number of halogens is 1. The van der Waals surface area contributed by atoms with Crippen molar-refractivity contribution in [2.24, 2.45) is 11.8 Å². The van der Waals surface area contributed by atoms with Gasteiger partial charge in [-0.2, -0.15) is 0 Å². The number of nitrogens with zero attached hydrogens (tertiary/aromatic N) is 1. The number of piperidine rings is 1. The van der Waals surface area contributed by atoms with E-state index < -0.39 is 0 Å². The monoisotopic (exact) mass is 334 g/mol. The molecule has 0 bridgehead atoms. The maximum absolute atomic E-state index is 12.4. The van der Waals surface area contributed by atoms with Crippen LogP contribution in [0, 0.1) is 11.8 Å². The highest BCUT2D eigenvalue weighted by Gasteiger charge is 2.32. The molecule has 5 heteroatoms. The molecule has 0 unspecified atom stereocenters. The van der Waals surface area contributed by atoms with Crippen molar-refractivity contribution >= 4 is 23.4 Å². The number of benzene rings is 1. The third kappa shape index (κ3) is 4.05. The minimum Gasteiger partial charge on any atom is -0.343 e. The number of fused-ring (bicyclic) bond motifs is 1. The predicted octanol–water partition coefficient (Wildman–Crippen LogP) is 3.11. The van der Waals surface area contributed by atoms with Crippen molar-refractivity contribution in [3.05, 3.63) is 34.9 Å². The van der Waals surface area contributed by atoms with Crippen LogP contribution in [0.3, 0.4) is 0 Å². The zero-order chi connectivity index (χ0) is 16.2. The Hall–Kier alpha value is -1.55. The van der Waals surface area contributed by atoms with Gasteiger partial charge in [-0.3, -0.25) is 9.59 Å². The molecule has 1 aliphatic heterocycles. The lowest BCUT2D eigenvalue weighted by atomic mass is 9.75. The van der Waals surface area contributed by atoms with Crippen LogP contribution in [0.15, 0.2) is 24.3 Å². The Morgan fingerprint density at radius 2 is 1.78 bits per heavy atom. The summed E-state index contributed by atoms with van der Waals surface area (Å²) < 4.78 is 0. The first-order valence-corrected chi connectivity index (χ1v) is 8.83. The lowest BCUT2D eigenvalue weighted by Crippen LogP contribution is -2.48. The molecule has 3 rings (SSSR count). The van der Waals surface area contributed by atoms with E-state index >= 15 is 0 Å². The van der Waals surface area contributed by atoms with E-state index in [1.807, 2.05) is 4.90 Å². The summed E-state index contributed by atoms with van der Waals surface area (Å²) >= 11 is 5.81. The zero-order valence-electron chi connectivity index (χ0n) is 13.3. The van der Waals surface area contributed by atoms with Gasteiger partial charge in [-0.25, -0.2) is 0 Å². The fraction of sp³-hybridized carbons (Fsp3) is 0.556. The normalized spacial score (nSPS) is 24.0. The lowest BCUT2D eigenvalue weighted by molar-refractivity contribution is -0.133. The van der Waals surface area contributed by atoms with Gasteiger partial charge in [0.1, 0.15) is 0 Å². The van der Waals surface area contributed by atoms with E-state index in [2.05, 4.69) is 5.32 Å². The van der Waals surface area contributed by atoms with E-state index in [9.17, 15) is 9.59 Å². The number of rotatable bonds is 3. The van der Waals surface area contributed by atoms with Crippen LogP contribution < -0.4 is 5.32 Å². The van der Waals surface area contributed by atoms with Crippen LogP contribution in [0.25, 0.3) is 0 Å². The molecule has 23 heavy (non-hydrogen) atoms. The highest BCUT2D eigenvalue weighted by molar-refractivity contribution is 6.30. The maximum atomic E-state index is 12.4. The Balaban J connectivity index is 1.49. The molecule has 0 aromatic heterocycles. The maximum Gasteiger partial charge on any atom is 0.251 e. The summed E-state index contributed by atoms with van der Waals surface area (Å²) in [6, 6.07) is 6.67. The largest absolute Gasteiger partial charge is 0.343 e. The van der Waals surface area contributed by atoms with Crippen LogP contribution in [-0.2, 0) is 4.79 Å². The van der Waals surface area contributed by atoms with Crippen LogP contribution in [0.4, 0.5) is 0 Å². The number of likely N-dealkylation sites (tertiary alicyclic amines) is 1. The molecule has 1 heterocycles. The third-order valence-electron chi connectivity index (χ3n) is 5.15. The van der Waals surface area contributed by atoms with Gasteiger partial charge < -0.3 is 10.2 Å². The molecule has 1 aliphatic carbocycles. The van der Waals surface area contributed by atoms with Crippen molar-refractivity contribution in [3.8, 4) is 0 Å². The van der Waals surface area contributed by atoms with Crippen molar-refractivity contribution < 1.29 is 9.59 Å². The number of carbonyl (C=O) groups is 2. The summed E-state index contributed by atoms with van der Waals surface area (Å²) in [6.45, 7) is 1.76. The average Bonchev–Trinajstić information content (AvgIpc) is 2.59. The molecule has 2 aliphatic rings. The minimum atomic E-state index is -0.234. The number of amides is 2. The second kappa shape index (κ2) is 7.35. The molecule has 2 atom stereocenters. The molecule has 1 saturated heterocycles. The van der Waals surface area contributed by atoms with Gasteiger partial charge in [0.15, 0.2) is 0 Å². The quantitative estimate of drug-likeness (QED) is 0.923. The average molecular weight is 335 g/mol. The summed E-state index contributed by atoms with van der Waals surface area (Å²) in [5.41, 5.74) is 0.521. The van der Waals surface area contributed by atoms with E-state index in [4.69, 9.17) is 11.6 Å². The standard InChI is InChI=1S/C18H23ClN2O2/c19-16-7-5-14(6-8-16)18(23)20-11-17(22)21-10-9-13-3-1-2-4-15(13)12-21/h5-8,13,15H,1-4,9-12H2,(H,20,23)/t13-,15-/m1/s1. The first kappa shape index (κ1) is 16.3. The summed E-state index contributed by atoms with van der Waals surface area (Å²) in [4.78, 5) is 26.3. The van der Waals surface area contributed by atoms with Crippen LogP contribution in [-0.4, -0.2) is 36.3 Å². The summed E-state index contributed by atoms with van der Waals surface area (Å²) in [5, 5.41) is 3.31. The fourth-order valence-corrected chi connectivity index (χ4v) is 3.92. The van der Waals surface area contributed by atoms with Gasteiger partial charge in [0.05, 0.1) is 6.54 Å². The molecule has 0 radical (unpaired) electrons. The summed E-state index contributed by atoms with van der Waals surface area (Å²) in [7, 11) is 0. The highest BCUT2D eigenvalue weighted by atomic mass is 35.5. The molecular formula is C18H23ClN2O2. The molecule has 1 N–H and O–H groups in total. The first-order valence-electron chi connectivity index (χ1n) is 8.45. The van der Waals surface area contributed by atoms with Crippen LogP contribution in [0.5, 0.6) is 0 Å². The lowest BCUT2D eigenvalue weighted by Gasteiger charge is -2.41. The van der Waals surface area contributed by atoms with Gasteiger partial charge in [-0.15, -0.1) is 0 Å². The predicted molar refractivity (Wildman–Crippen MR) is 90.4 cm³/mol. The second-order valence-electron chi connectivity index (χ2n) is 6.62. The molecular weight excluding hydrogens is 312 g/mol. The molecule has 1 saturated carbocycles. The van der Waals surface area contributed by atoms with Crippen LogP contribution >= 0.6 is 11.6 Å². The van der Waals surface area contributed by atoms with Crippen molar-refractivity contribution in [1.82, 2.24) is 10.2 Å². The molecule has 1 aromatic carbocycles. The number of nitrogens with one attached hydrogen (secondary N) is 1. The van der Waals surface area contributed by atoms with Gasteiger partial charge in [-0.05, 0) is 48.9 Å². The SMILES string of the molecule is O=C(NCC(=O)N1CC[C@H]2CCCC[C@@H]2C1)c1ccc(Cl)cc1. The van der Waals surface area contributed by atoms with Gasteiger partial charge in [-0.1, -0.05) is 30.9 Å². The van der Waals surface area contributed by atoms with Crippen LogP contribution in [0.2, 0.25) is 5.02 Å². The summed E-state index contributed by atoms with van der Waals surface area (Å²) in [5.74, 6) is 1.25. The van der Waals surface area contributed by atoms with Gasteiger partial charge in [0.25, 0.3) is 5.91 Å². The third-order valence-corrected chi connectivity index (χ3v) is 5.40. The number of carbonyl (C=O) groups excluding carboxylic acids is 2. The van der Waals surface area contributed by atoms with E-state index in [0.29, 0.717) is 16.5 Å². The van der Waals surface area contributed by atoms with E-state index in [0.717, 1.165) is 25.4 Å². The summed E-state index contributed by atoms with van der Waals surface area (Å²) in [6.07, 6.45) is 6.30. The molecule has 1 aromatic rings. The number of hydrogen-bond donors (Lipinski definition) is 1. The van der Waals surface area contributed by atoms with Gasteiger partial charge in [0.2, 0.25) is 5.91 Å². The molecule has 0 spiro atoms. The molecule has 4 nitrogen and oxygen atoms in total. The molecule has 124 valence electrons. The van der Waals surface area contributed by atoms with E-state index in [-0.39, 0.29) is 18.4 Å². The fourth-order valence-electron chi connectivity index (χ4n) is 3.80. The van der Waals surface area contributed by atoms with Gasteiger partial charge in [0, 0.05) is 23.7 Å². The highest BCUT2D eigenvalue weighted by Crippen LogP contribution is 2.35. The Kier molecular flexibility index (Phi) is 5.21. The molecule has 2 fully saturated rings. The second-order valence-corrected chi connectivity index (χ2v) is 7.06. The van der Waals surface area contributed by atoms with E-state index in [1.54, 1.807) is 24.3 Å². The van der Waals surface area contributed by atoms with E-state index in [1.165, 1.54) is 25.7 Å². The van der Waals surface area contributed by atoms with Crippen molar-refractivity contribution in [2.45, 2.75) is 32.1 Å². The minimum absolute atomic E-state index is 0.0244. The Morgan fingerprint density at radius 1 is 1.09 bits per heavy atom. The topological polar surface area (TPSA) is 49.4 Å². The van der Waals surface area contributed by atoms with Crippen molar-refractivity contribution in [3.63, 3.8) is 0 Å². The Bertz CT molecular complexity index is 573.